The van der Waals surface area contributed by atoms with Gasteiger partial charge < -0.3 is 4.74 Å². The van der Waals surface area contributed by atoms with Gasteiger partial charge in [0.2, 0.25) is 6.08 Å². The lowest BCUT2D eigenvalue weighted by Gasteiger charge is -2.01. The SMILES string of the molecule is COC(=O)CCCCCCCCCCCN=C=O. The Morgan fingerprint density at radius 1 is 0.944 bits per heavy atom. The quantitative estimate of drug-likeness (QED) is 0.232. The van der Waals surface area contributed by atoms with Crippen molar-refractivity contribution >= 4 is 12.0 Å². The van der Waals surface area contributed by atoms with Gasteiger partial charge in [-0.3, -0.25) is 4.79 Å². The van der Waals surface area contributed by atoms with Crippen molar-refractivity contribution in [1.29, 1.82) is 0 Å². The monoisotopic (exact) mass is 255 g/mol. The summed E-state index contributed by atoms with van der Waals surface area (Å²) in [4.78, 5) is 24.2. The first-order valence-electron chi connectivity index (χ1n) is 6.91. The van der Waals surface area contributed by atoms with Gasteiger partial charge in [0.15, 0.2) is 0 Å². The summed E-state index contributed by atoms with van der Waals surface area (Å²) in [6, 6.07) is 0. The highest BCUT2D eigenvalue weighted by atomic mass is 16.5. The molecule has 0 fully saturated rings. The minimum Gasteiger partial charge on any atom is -0.469 e. The van der Waals surface area contributed by atoms with Gasteiger partial charge in [-0.05, 0) is 12.8 Å². The third-order valence-electron chi connectivity index (χ3n) is 2.94. The van der Waals surface area contributed by atoms with Crippen LogP contribution in [0.3, 0.4) is 0 Å². The number of ether oxygens (including phenoxy) is 1. The molecule has 0 aromatic carbocycles. The molecule has 18 heavy (non-hydrogen) atoms. The van der Waals surface area contributed by atoms with Gasteiger partial charge in [0.1, 0.15) is 0 Å². The van der Waals surface area contributed by atoms with Crippen molar-refractivity contribution in [1.82, 2.24) is 0 Å². The van der Waals surface area contributed by atoms with E-state index in [4.69, 9.17) is 0 Å². The van der Waals surface area contributed by atoms with E-state index in [1.807, 2.05) is 0 Å². The predicted octanol–water partition coefficient (Wildman–Crippen LogP) is 3.40. The zero-order chi connectivity index (χ0) is 13.5. The van der Waals surface area contributed by atoms with E-state index in [1.54, 1.807) is 6.08 Å². The van der Waals surface area contributed by atoms with Crippen molar-refractivity contribution in [2.24, 2.45) is 4.99 Å². The van der Waals surface area contributed by atoms with Gasteiger partial charge in [0.25, 0.3) is 0 Å². The molecule has 4 nitrogen and oxygen atoms in total. The highest BCUT2D eigenvalue weighted by molar-refractivity contribution is 5.68. The Morgan fingerprint density at radius 3 is 1.94 bits per heavy atom. The largest absolute Gasteiger partial charge is 0.469 e. The van der Waals surface area contributed by atoms with Gasteiger partial charge in [-0.2, -0.15) is 0 Å². The van der Waals surface area contributed by atoms with Gasteiger partial charge >= 0.3 is 5.97 Å². The Labute approximate surface area is 110 Å². The summed E-state index contributed by atoms with van der Waals surface area (Å²) in [6.45, 7) is 0.622. The summed E-state index contributed by atoms with van der Waals surface area (Å²) in [5.74, 6) is -0.104. The minimum absolute atomic E-state index is 0.104. The van der Waals surface area contributed by atoms with E-state index in [0.29, 0.717) is 13.0 Å². The fourth-order valence-electron chi connectivity index (χ4n) is 1.85. The topological polar surface area (TPSA) is 55.7 Å². The molecule has 0 bridgehead atoms. The highest BCUT2D eigenvalue weighted by Gasteiger charge is 1.98. The zero-order valence-corrected chi connectivity index (χ0v) is 11.5. The lowest BCUT2D eigenvalue weighted by Crippen LogP contribution is -1.99. The number of rotatable bonds is 12. The molecule has 0 unspecified atom stereocenters. The molecule has 0 radical (unpaired) electrons. The number of carbonyl (C=O) groups excluding carboxylic acids is 2. The molecule has 0 saturated carbocycles. The average molecular weight is 255 g/mol. The summed E-state index contributed by atoms with van der Waals surface area (Å²) in [6.07, 6.45) is 12.5. The molecule has 0 atom stereocenters. The summed E-state index contributed by atoms with van der Waals surface area (Å²) in [7, 11) is 1.43. The van der Waals surface area contributed by atoms with E-state index in [0.717, 1.165) is 25.7 Å². The molecular weight excluding hydrogens is 230 g/mol. The number of unbranched alkanes of at least 4 members (excludes halogenated alkanes) is 8. The van der Waals surface area contributed by atoms with E-state index < -0.39 is 0 Å². The molecule has 0 rings (SSSR count). The van der Waals surface area contributed by atoms with Gasteiger partial charge in [0, 0.05) is 6.42 Å². The third kappa shape index (κ3) is 12.9. The molecule has 0 heterocycles. The van der Waals surface area contributed by atoms with Crippen molar-refractivity contribution in [2.45, 2.75) is 64.2 Å². The van der Waals surface area contributed by atoms with Crippen LogP contribution in [0.15, 0.2) is 4.99 Å². The van der Waals surface area contributed by atoms with Crippen LogP contribution in [0.4, 0.5) is 0 Å². The number of hydrogen-bond donors (Lipinski definition) is 0. The lowest BCUT2D eigenvalue weighted by molar-refractivity contribution is -0.140. The molecule has 0 aliphatic carbocycles. The summed E-state index contributed by atoms with van der Waals surface area (Å²) in [5.41, 5.74) is 0. The lowest BCUT2D eigenvalue weighted by atomic mass is 10.1. The van der Waals surface area contributed by atoms with E-state index in [1.165, 1.54) is 39.2 Å². The molecule has 0 N–H and O–H groups in total. The molecule has 0 aliphatic heterocycles. The van der Waals surface area contributed by atoms with Gasteiger partial charge in [-0.15, -0.1) is 0 Å². The summed E-state index contributed by atoms with van der Waals surface area (Å²) >= 11 is 0. The molecule has 0 aromatic heterocycles. The van der Waals surface area contributed by atoms with Crippen molar-refractivity contribution in [2.75, 3.05) is 13.7 Å². The average Bonchev–Trinajstić information content (AvgIpc) is 2.39. The van der Waals surface area contributed by atoms with E-state index in [2.05, 4.69) is 9.73 Å². The Hall–Kier alpha value is -1.15. The molecule has 0 spiro atoms. The number of isocyanates is 1. The van der Waals surface area contributed by atoms with Crippen LogP contribution in [-0.2, 0) is 14.3 Å². The molecule has 0 amide bonds. The Morgan fingerprint density at radius 2 is 1.44 bits per heavy atom. The Bertz CT molecular complexity index is 247. The van der Waals surface area contributed by atoms with Crippen molar-refractivity contribution < 1.29 is 14.3 Å². The van der Waals surface area contributed by atoms with E-state index in [9.17, 15) is 9.59 Å². The van der Waals surface area contributed by atoms with E-state index in [-0.39, 0.29) is 5.97 Å². The van der Waals surface area contributed by atoms with Crippen molar-refractivity contribution in [3.05, 3.63) is 0 Å². The Kier molecular flexibility index (Phi) is 13.0. The number of hydrogen-bond acceptors (Lipinski definition) is 4. The molecule has 0 aromatic rings. The van der Waals surface area contributed by atoms with Crippen LogP contribution in [0.5, 0.6) is 0 Å². The smallest absolute Gasteiger partial charge is 0.305 e. The van der Waals surface area contributed by atoms with Gasteiger partial charge in [0.05, 0.1) is 13.7 Å². The molecule has 0 saturated heterocycles. The fraction of sp³-hybridized carbons (Fsp3) is 0.857. The van der Waals surface area contributed by atoms with Crippen LogP contribution in [-0.4, -0.2) is 25.7 Å². The summed E-state index contributed by atoms with van der Waals surface area (Å²) < 4.78 is 4.58. The molecule has 104 valence electrons. The zero-order valence-electron chi connectivity index (χ0n) is 11.5. The first kappa shape index (κ1) is 16.9. The van der Waals surface area contributed by atoms with Crippen LogP contribution in [0, 0.1) is 0 Å². The Balaban J connectivity index is 3.03. The van der Waals surface area contributed by atoms with Crippen molar-refractivity contribution in [3.63, 3.8) is 0 Å². The van der Waals surface area contributed by atoms with Crippen LogP contribution in [0.25, 0.3) is 0 Å². The summed E-state index contributed by atoms with van der Waals surface area (Å²) in [5, 5.41) is 0. The first-order valence-corrected chi connectivity index (χ1v) is 6.91. The molecular formula is C14H25NO3. The molecule has 4 heteroatoms. The maximum absolute atomic E-state index is 10.8. The molecule has 0 aliphatic rings. The maximum atomic E-state index is 10.8. The predicted molar refractivity (Wildman–Crippen MR) is 71.2 cm³/mol. The van der Waals surface area contributed by atoms with Gasteiger partial charge in [-0.1, -0.05) is 44.9 Å². The highest BCUT2D eigenvalue weighted by Crippen LogP contribution is 2.10. The standard InChI is InChI=1S/C14H25NO3/c1-18-14(17)11-9-7-5-3-2-4-6-8-10-12-15-13-16/h2-12H2,1H3. The van der Waals surface area contributed by atoms with Crippen LogP contribution < -0.4 is 0 Å². The normalized spacial score (nSPS) is 9.83. The third-order valence-corrected chi connectivity index (χ3v) is 2.94. The number of nitrogens with zero attached hydrogens (tertiary/aromatic N) is 1. The number of esters is 1. The fourth-order valence-corrected chi connectivity index (χ4v) is 1.85. The second-order valence-electron chi connectivity index (χ2n) is 4.48. The number of methoxy groups -OCH3 is 1. The van der Waals surface area contributed by atoms with E-state index >= 15 is 0 Å². The maximum Gasteiger partial charge on any atom is 0.305 e. The number of aliphatic imine (C=N–C) groups is 1. The van der Waals surface area contributed by atoms with Crippen LogP contribution >= 0.6 is 0 Å². The second kappa shape index (κ2) is 13.9. The van der Waals surface area contributed by atoms with Gasteiger partial charge in [-0.25, -0.2) is 9.79 Å². The second-order valence-corrected chi connectivity index (χ2v) is 4.48. The first-order chi connectivity index (χ1) is 8.81. The van der Waals surface area contributed by atoms with Crippen LogP contribution in [0.2, 0.25) is 0 Å². The number of carbonyl (C=O) groups is 1. The van der Waals surface area contributed by atoms with Crippen molar-refractivity contribution in [3.8, 4) is 0 Å². The minimum atomic E-state index is -0.104. The van der Waals surface area contributed by atoms with Crippen LogP contribution in [0.1, 0.15) is 64.2 Å².